The number of hydrogen-bond donors (Lipinski definition) is 1. The smallest absolute Gasteiger partial charge is 0.449 e. The van der Waals surface area contributed by atoms with Crippen molar-refractivity contribution in [1.29, 1.82) is 0 Å². The lowest BCUT2D eigenvalue weighted by Crippen LogP contribution is -2.41. The minimum atomic E-state index is -4.52. The molecule has 2 heterocycles. The number of anilines is 1. The molecule has 2 aromatic carbocycles. The molecule has 9 heteroatoms. The van der Waals surface area contributed by atoms with Gasteiger partial charge >= 0.3 is 12.2 Å². The van der Waals surface area contributed by atoms with Gasteiger partial charge in [0.2, 0.25) is 5.82 Å². The number of carbonyl (C=O) groups excluding carboxylic acids is 1. The highest BCUT2D eigenvalue weighted by molar-refractivity contribution is 5.89. The minimum Gasteiger partial charge on any atom is -0.494 e. The Bertz CT molecular complexity index is 1070. The lowest BCUT2D eigenvalue weighted by Gasteiger charge is -2.32. The van der Waals surface area contributed by atoms with E-state index in [1.165, 1.54) is 4.57 Å². The van der Waals surface area contributed by atoms with E-state index in [2.05, 4.69) is 10.3 Å². The molecule has 1 fully saturated rings. The van der Waals surface area contributed by atoms with Crippen molar-refractivity contribution in [1.82, 2.24) is 14.5 Å². The number of likely N-dealkylation sites (tertiary alicyclic amines) is 1. The van der Waals surface area contributed by atoms with Crippen LogP contribution in [-0.4, -0.2) is 40.2 Å². The lowest BCUT2D eigenvalue weighted by molar-refractivity contribution is -0.147. The van der Waals surface area contributed by atoms with Gasteiger partial charge in [0.15, 0.2) is 0 Å². The van der Waals surface area contributed by atoms with Gasteiger partial charge in [-0.1, -0.05) is 12.1 Å². The highest BCUT2D eigenvalue weighted by Crippen LogP contribution is 2.33. The number of hydrogen-bond acceptors (Lipinski definition) is 3. The topological polar surface area (TPSA) is 59.4 Å². The Morgan fingerprint density at radius 2 is 1.81 bits per heavy atom. The van der Waals surface area contributed by atoms with Gasteiger partial charge in [0.05, 0.1) is 17.6 Å². The number of imidazole rings is 1. The third kappa shape index (κ3) is 4.81. The van der Waals surface area contributed by atoms with Crippen molar-refractivity contribution in [3.63, 3.8) is 0 Å². The van der Waals surface area contributed by atoms with E-state index in [-0.39, 0.29) is 18.5 Å². The summed E-state index contributed by atoms with van der Waals surface area (Å²) >= 11 is 0. The molecule has 1 aliphatic rings. The van der Waals surface area contributed by atoms with Gasteiger partial charge in [0, 0.05) is 25.3 Å². The Morgan fingerprint density at radius 3 is 2.47 bits per heavy atom. The van der Waals surface area contributed by atoms with Crippen LogP contribution in [0.3, 0.4) is 0 Å². The molecule has 1 N–H and O–H groups in total. The van der Waals surface area contributed by atoms with E-state index in [4.69, 9.17) is 4.74 Å². The maximum Gasteiger partial charge on any atom is 0.449 e. The van der Waals surface area contributed by atoms with Gasteiger partial charge in [-0.15, -0.1) is 0 Å². The van der Waals surface area contributed by atoms with Crippen molar-refractivity contribution in [2.75, 3.05) is 25.0 Å². The van der Waals surface area contributed by atoms with Gasteiger partial charge in [-0.05, 0) is 62.1 Å². The molecule has 6 nitrogen and oxygen atoms in total. The number of benzene rings is 2. The van der Waals surface area contributed by atoms with Crippen LogP contribution >= 0.6 is 0 Å². The number of halogens is 3. The number of piperidine rings is 1. The van der Waals surface area contributed by atoms with Crippen molar-refractivity contribution in [2.45, 2.75) is 32.5 Å². The van der Waals surface area contributed by atoms with E-state index in [1.807, 2.05) is 6.92 Å². The van der Waals surface area contributed by atoms with Crippen LogP contribution in [0.15, 0.2) is 48.5 Å². The normalized spacial score (nSPS) is 15.2. The second kappa shape index (κ2) is 9.10. The number of aromatic nitrogens is 2. The molecule has 0 radical (unpaired) electrons. The van der Waals surface area contributed by atoms with Crippen LogP contribution in [-0.2, 0) is 12.7 Å². The highest BCUT2D eigenvalue weighted by Gasteiger charge is 2.38. The molecule has 0 saturated carbocycles. The quantitative estimate of drug-likeness (QED) is 0.571. The van der Waals surface area contributed by atoms with Crippen molar-refractivity contribution in [2.24, 2.45) is 5.92 Å². The number of rotatable bonds is 5. The highest BCUT2D eigenvalue weighted by atomic mass is 19.4. The fraction of sp³-hybridized carbons (Fsp3) is 0.391. The SMILES string of the molecule is CCOc1ccc(NC(=O)N2CCC(Cn3c(C(F)(F)F)nc4ccccc43)CC2)cc1. The Kier molecular flexibility index (Phi) is 6.25. The predicted octanol–water partition coefficient (Wildman–Crippen LogP) is 5.40. The summed E-state index contributed by atoms with van der Waals surface area (Å²) in [5, 5.41) is 2.86. The minimum absolute atomic E-state index is 0.0308. The molecule has 0 atom stereocenters. The number of nitrogens with one attached hydrogen (secondary N) is 1. The van der Waals surface area contributed by atoms with Crippen LogP contribution in [0, 0.1) is 5.92 Å². The van der Waals surface area contributed by atoms with Gasteiger partial charge in [0.1, 0.15) is 5.75 Å². The molecule has 1 saturated heterocycles. The summed E-state index contributed by atoms with van der Waals surface area (Å²) in [4.78, 5) is 18.1. The molecule has 0 bridgehead atoms. The first-order chi connectivity index (χ1) is 15.3. The van der Waals surface area contributed by atoms with Crippen LogP contribution < -0.4 is 10.1 Å². The van der Waals surface area contributed by atoms with Crippen molar-refractivity contribution >= 4 is 22.8 Å². The fourth-order valence-electron chi connectivity index (χ4n) is 4.06. The fourth-order valence-corrected chi connectivity index (χ4v) is 4.06. The number of nitrogens with zero attached hydrogens (tertiary/aromatic N) is 3. The van der Waals surface area contributed by atoms with E-state index in [0.29, 0.717) is 49.3 Å². The van der Waals surface area contributed by atoms with Crippen LogP contribution in [0.4, 0.5) is 23.7 Å². The molecular weight excluding hydrogens is 421 g/mol. The number of alkyl halides is 3. The summed E-state index contributed by atoms with van der Waals surface area (Å²) in [5.74, 6) is -0.103. The van der Waals surface area contributed by atoms with Crippen LogP contribution in [0.2, 0.25) is 0 Å². The molecule has 32 heavy (non-hydrogen) atoms. The van der Waals surface area contributed by atoms with E-state index in [1.54, 1.807) is 53.4 Å². The van der Waals surface area contributed by atoms with E-state index in [9.17, 15) is 18.0 Å². The zero-order chi connectivity index (χ0) is 22.7. The summed E-state index contributed by atoms with van der Waals surface area (Å²) in [5.41, 5.74) is 1.49. The predicted molar refractivity (Wildman–Crippen MR) is 116 cm³/mol. The average molecular weight is 446 g/mol. The maximum atomic E-state index is 13.5. The molecule has 0 aliphatic carbocycles. The summed E-state index contributed by atoms with van der Waals surface area (Å²) in [6, 6.07) is 13.6. The third-order valence-corrected chi connectivity index (χ3v) is 5.67. The third-order valence-electron chi connectivity index (χ3n) is 5.67. The van der Waals surface area contributed by atoms with E-state index in [0.717, 1.165) is 5.75 Å². The number of carbonyl (C=O) groups is 1. The summed E-state index contributed by atoms with van der Waals surface area (Å²) < 4.78 is 47.3. The summed E-state index contributed by atoms with van der Waals surface area (Å²) in [6.45, 7) is 3.67. The van der Waals surface area contributed by atoms with Crippen molar-refractivity contribution < 1.29 is 22.7 Å². The molecule has 1 aliphatic heterocycles. The average Bonchev–Trinajstić information content (AvgIpc) is 3.15. The van der Waals surface area contributed by atoms with E-state index < -0.39 is 12.0 Å². The molecule has 0 spiro atoms. The van der Waals surface area contributed by atoms with Gasteiger partial charge in [-0.2, -0.15) is 13.2 Å². The zero-order valence-corrected chi connectivity index (χ0v) is 17.7. The molecule has 4 rings (SSSR count). The van der Waals surface area contributed by atoms with Crippen molar-refractivity contribution in [3.8, 4) is 5.75 Å². The Morgan fingerprint density at radius 1 is 1.12 bits per heavy atom. The maximum absolute atomic E-state index is 13.5. The van der Waals surface area contributed by atoms with Crippen LogP contribution in [0.1, 0.15) is 25.6 Å². The first-order valence-corrected chi connectivity index (χ1v) is 10.7. The monoisotopic (exact) mass is 446 g/mol. The number of urea groups is 1. The molecule has 170 valence electrons. The molecule has 1 aromatic heterocycles. The molecule has 0 unspecified atom stereocenters. The van der Waals surface area contributed by atoms with Crippen LogP contribution in [0.25, 0.3) is 11.0 Å². The Hall–Kier alpha value is -3.23. The number of ether oxygens (including phenoxy) is 1. The van der Waals surface area contributed by atoms with Crippen LogP contribution in [0.5, 0.6) is 5.75 Å². The number of amides is 2. The molecule has 3 aromatic rings. The van der Waals surface area contributed by atoms with Crippen molar-refractivity contribution in [3.05, 3.63) is 54.4 Å². The van der Waals surface area contributed by atoms with Gasteiger partial charge in [0.25, 0.3) is 0 Å². The first-order valence-electron chi connectivity index (χ1n) is 10.7. The largest absolute Gasteiger partial charge is 0.494 e. The van der Waals surface area contributed by atoms with Gasteiger partial charge in [-0.25, -0.2) is 9.78 Å². The number of fused-ring (bicyclic) bond motifs is 1. The number of para-hydroxylation sites is 2. The lowest BCUT2D eigenvalue weighted by atomic mass is 9.96. The Balaban J connectivity index is 1.38. The van der Waals surface area contributed by atoms with Gasteiger partial charge < -0.3 is 19.5 Å². The second-order valence-electron chi connectivity index (χ2n) is 7.85. The van der Waals surface area contributed by atoms with E-state index >= 15 is 0 Å². The van der Waals surface area contributed by atoms with Gasteiger partial charge in [-0.3, -0.25) is 0 Å². The molecule has 2 amide bonds. The second-order valence-corrected chi connectivity index (χ2v) is 7.85. The Labute approximate surface area is 184 Å². The molecular formula is C23H25F3N4O2. The summed E-state index contributed by atoms with van der Waals surface area (Å²) in [6.07, 6.45) is -3.27. The first kappa shape index (κ1) is 22.0. The summed E-state index contributed by atoms with van der Waals surface area (Å²) in [7, 11) is 0. The zero-order valence-electron chi connectivity index (χ0n) is 17.7. The standard InChI is InChI=1S/C23H25F3N4O2/c1-2-32-18-9-7-17(8-10-18)27-22(31)29-13-11-16(12-14-29)15-30-20-6-4-3-5-19(20)28-21(30)23(24,25)26/h3-10,16H,2,11-15H2,1H3,(H,27,31).